The van der Waals surface area contributed by atoms with Crippen molar-refractivity contribution in [2.24, 2.45) is 11.8 Å². The highest BCUT2D eigenvalue weighted by Crippen LogP contribution is 2.06. The van der Waals surface area contributed by atoms with E-state index >= 15 is 0 Å². The van der Waals surface area contributed by atoms with Crippen molar-refractivity contribution in [2.75, 3.05) is 0 Å². The van der Waals surface area contributed by atoms with Gasteiger partial charge in [-0.05, 0) is 40.7 Å². The van der Waals surface area contributed by atoms with Crippen molar-refractivity contribution < 1.29 is 38.5 Å². The summed E-state index contributed by atoms with van der Waals surface area (Å²) in [6.45, 7) is 10.4. The van der Waals surface area contributed by atoms with E-state index in [0.717, 1.165) is 28.7 Å². The van der Waals surface area contributed by atoms with E-state index in [1.807, 2.05) is 156 Å². The second kappa shape index (κ2) is 27.3. The van der Waals surface area contributed by atoms with Gasteiger partial charge in [-0.15, -0.1) is 0 Å². The molecular formula is C43H52O8. The van der Waals surface area contributed by atoms with Crippen LogP contribution < -0.4 is 0 Å². The van der Waals surface area contributed by atoms with E-state index in [1.54, 1.807) is 6.08 Å². The molecule has 1 N–H and O–H groups in total. The first-order valence-electron chi connectivity index (χ1n) is 17.1. The molecule has 4 aromatic carbocycles. The van der Waals surface area contributed by atoms with Gasteiger partial charge in [0, 0.05) is 18.9 Å². The number of ether oxygens (including phenoxy) is 3. The molecule has 0 saturated carbocycles. The maximum Gasteiger partial charge on any atom is 0.331 e. The highest BCUT2D eigenvalue weighted by Gasteiger charge is 2.07. The zero-order valence-corrected chi connectivity index (χ0v) is 30.4. The Kier molecular flexibility index (Phi) is 23.3. The zero-order valence-electron chi connectivity index (χ0n) is 30.4. The average Bonchev–Trinajstić information content (AvgIpc) is 3.13. The van der Waals surface area contributed by atoms with Crippen LogP contribution in [-0.2, 0) is 53.2 Å². The fourth-order valence-electron chi connectivity index (χ4n) is 3.76. The summed E-state index contributed by atoms with van der Waals surface area (Å²) in [5, 5.41) is 8.08. The van der Waals surface area contributed by atoms with Crippen LogP contribution in [0.3, 0.4) is 0 Å². The lowest BCUT2D eigenvalue weighted by Gasteiger charge is -2.06. The normalized spacial score (nSPS) is 10.0. The van der Waals surface area contributed by atoms with Gasteiger partial charge in [-0.25, -0.2) is 4.79 Å². The van der Waals surface area contributed by atoms with Gasteiger partial charge in [0.25, 0.3) is 0 Å². The molecule has 0 aromatic heterocycles. The molecular weight excluding hydrogens is 644 g/mol. The van der Waals surface area contributed by atoms with Crippen molar-refractivity contribution in [1.82, 2.24) is 0 Å². The molecule has 8 nitrogen and oxygen atoms in total. The summed E-state index contributed by atoms with van der Waals surface area (Å²) < 4.78 is 15.2. The maximum absolute atomic E-state index is 11.5. The van der Waals surface area contributed by atoms with E-state index in [1.165, 1.54) is 6.08 Å². The molecule has 0 heterocycles. The summed E-state index contributed by atoms with van der Waals surface area (Å²) in [6.07, 6.45) is 4.81. The van der Waals surface area contributed by atoms with E-state index in [9.17, 15) is 19.2 Å². The van der Waals surface area contributed by atoms with Crippen molar-refractivity contribution >= 4 is 30.0 Å². The van der Waals surface area contributed by atoms with Crippen molar-refractivity contribution in [3.05, 3.63) is 150 Å². The van der Waals surface area contributed by atoms with Gasteiger partial charge in [0.1, 0.15) is 19.8 Å². The zero-order chi connectivity index (χ0) is 37.7. The summed E-state index contributed by atoms with van der Waals surface area (Å²) >= 11 is 0. The summed E-state index contributed by atoms with van der Waals surface area (Å²) in [5.74, 6) is -1.09. The number of benzene rings is 4. The van der Waals surface area contributed by atoms with Crippen LogP contribution >= 0.6 is 0 Å². The molecule has 4 rings (SSSR count). The summed E-state index contributed by atoms with van der Waals surface area (Å²) in [5.41, 5.74) is 4.02. The van der Waals surface area contributed by atoms with Crippen molar-refractivity contribution in [3.63, 3.8) is 0 Å². The number of aliphatic carboxylic acids is 1. The van der Waals surface area contributed by atoms with Gasteiger partial charge < -0.3 is 19.3 Å². The van der Waals surface area contributed by atoms with E-state index in [4.69, 9.17) is 19.3 Å². The molecule has 0 aliphatic rings. The van der Waals surface area contributed by atoms with E-state index < -0.39 is 5.97 Å². The standard InChI is InChI=1S/C16H14O2.2C11H14O2.C5H10O2/c17-16(12-11-14-7-3-1-4-8-14)18-13-15-9-5-2-6-10-15;1-9(2)11(12)13-8-10-6-4-3-5-7-10;1-2-6-11(12)13-9-10-7-4-3-5-8-10;1-4(2)3-5(6)7/h1-12H,13H2;3-7,9H,8H2,1-2H3;3-5,7-8H,2,6,9H2,1H3;4H,3H2,1-2H3,(H,6,7)/b12-11+;;;. The lowest BCUT2D eigenvalue weighted by Crippen LogP contribution is -2.11. The largest absolute Gasteiger partial charge is 0.481 e. The van der Waals surface area contributed by atoms with E-state index in [0.29, 0.717) is 26.2 Å². The SMILES string of the molecule is CC(C)C(=O)OCc1ccccc1.CC(C)CC(=O)O.CCCC(=O)OCc1ccccc1.O=C(/C=C/c1ccccc1)OCc1ccccc1. The predicted molar refractivity (Wildman–Crippen MR) is 201 cm³/mol. The number of carboxylic acid groups (broad SMARTS) is 1. The Hall–Kier alpha value is -5.50. The Bertz CT molecular complexity index is 1530. The number of hydrogen-bond acceptors (Lipinski definition) is 7. The second-order valence-corrected chi connectivity index (χ2v) is 12.0. The van der Waals surface area contributed by atoms with Gasteiger partial charge in [-0.2, -0.15) is 0 Å². The third kappa shape index (κ3) is 24.3. The van der Waals surface area contributed by atoms with Crippen LogP contribution in [-0.4, -0.2) is 29.0 Å². The summed E-state index contributed by atoms with van der Waals surface area (Å²) in [6, 6.07) is 38.6. The van der Waals surface area contributed by atoms with Gasteiger partial charge >= 0.3 is 23.9 Å². The summed E-state index contributed by atoms with van der Waals surface area (Å²) in [7, 11) is 0. The van der Waals surface area contributed by atoms with Gasteiger partial charge in [0.2, 0.25) is 0 Å². The fraction of sp³-hybridized carbons (Fsp3) is 0.302. The predicted octanol–water partition coefficient (Wildman–Crippen LogP) is 9.48. The minimum atomic E-state index is -0.713. The number of carbonyl (C=O) groups is 4. The number of carbonyl (C=O) groups excluding carboxylic acids is 3. The number of hydrogen-bond donors (Lipinski definition) is 1. The first-order valence-corrected chi connectivity index (χ1v) is 17.1. The molecule has 272 valence electrons. The van der Waals surface area contributed by atoms with Crippen LogP contribution in [0.1, 0.15) is 76.1 Å². The monoisotopic (exact) mass is 696 g/mol. The molecule has 0 bridgehead atoms. The second-order valence-electron chi connectivity index (χ2n) is 12.0. The van der Waals surface area contributed by atoms with E-state index in [2.05, 4.69) is 0 Å². The third-order valence-electron chi connectivity index (χ3n) is 6.41. The Morgan fingerprint density at radius 3 is 1.39 bits per heavy atom. The van der Waals surface area contributed by atoms with Gasteiger partial charge in [-0.3, -0.25) is 14.4 Å². The molecule has 0 saturated heterocycles. The minimum Gasteiger partial charge on any atom is -0.481 e. The van der Waals surface area contributed by atoms with Crippen LogP contribution in [0.5, 0.6) is 0 Å². The first kappa shape index (κ1) is 43.5. The van der Waals surface area contributed by atoms with Gasteiger partial charge in [0.05, 0.1) is 5.92 Å². The molecule has 4 aromatic rings. The van der Waals surface area contributed by atoms with Gasteiger partial charge in [0.15, 0.2) is 0 Å². The molecule has 8 heteroatoms. The summed E-state index contributed by atoms with van der Waals surface area (Å²) in [4.78, 5) is 43.4. The van der Waals surface area contributed by atoms with Crippen LogP contribution in [0.4, 0.5) is 0 Å². The molecule has 0 radical (unpaired) electrons. The van der Waals surface area contributed by atoms with E-state index in [-0.39, 0.29) is 36.2 Å². The molecule has 0 unspecified atom stereocenters. The van der Waals surface area contributed by atoms with Crippen molar-refractivity contribution in [3.8, 4) is 0 Å². The molecule has 0 amide bonds. The average molecular weight is 697 g/mol. The highest BCUT2D eigenvalue weighted by molar-refractivity contribution is 5.87. The minimum absolute atomic E-state index is 0.0521. The molecule has 0 aliphatic carbocycles. The number of esters is 3. The third-order valence-corrected chi connectivity index (χ3v) is 6.41. The first-order chi connectivity index (χ1) is 24.5. The smallest absolute Gasteiger partial charge is 0.331 e. The van der Waals surface area contributed by atoms with Crippen molar-refractivity contribution in [1.29, 1.82) is 0 Å². The van der Waals surface area contributed by atoms with Crippen LogP contribution in [0.25, 0.3) is 6.08 Å². The number of rotatable bonds is 13. The molecule has 51 heavy (non-hydrogen) atoms. The topological polar surface area (TPSA) is 116 Å². The lowest BCUT2D eigenvalue weighted by molar-refractivity contribution is -0.148. The van der Waals surface area contributed by atoms with Gasteiger partial charge in [-0.1, -0.05) is 156 Å². The Balaban J connectivity index is 0.000000356. The van der Waals surface area contributed by atoms with Crippen molar-refractivity contribution in [2.45, 2.75) is 73.7 Å². The Morgan fingerprint density at radius 2 is 1.02 bits per heavy atom. The van der Waals surface area contributed by atoms with Crippen LogP contribution in [0, 0.1) is 11.8 Å². The molecule has 0 atom stereocenters. The van der Waals surface area contributed by atoms with Crippen LogP contribution in [0.2, 0.25) is 0 Å². The highest BCUT2D eigenvalue weighted by atomic mass is 16.5. The molecule has 0 fully saturated rings. The fourth-order valence-corrected chi connectivity index (χ4v) is 3.76. The quantitative estimate of drug-likeness (QED) is 0.0835. The maximum atomic E-state index is 11.5. The molecule has 0 spiro atoms. The number of carboxylic acids is 1. The molecule has 0 aliphatic heterocycles. The lowest BCUT2D eigenvalue weighted by atomic mass is 10.1. The Labute approximate surface area is 303 Å². The Morgan fingerprint density at radius 1 is 0.608 bits per heavy atom. The van der Waals surface area contributed by atoms with Crippen LogP contribution in [0.15, 0.2) is 127 Å².